The first-order valence-corrected chi connectivity index (χ1v) is 7.45. The SMILES string of the molecule is COC(=O)c1cccc(NC(=O)CCCOc2ccc(F)cc2)c1. The molecule has 0 heterocycles. The second-order valence-electron chi connectivity index (χ2n) is 5.03. The maximum absolute atomic E-state index is 12.8. The molecule has 1 amide bonds. The topological polar surface area (TPSA) is 64.6 Å². The maximum Gasteiger partial charge on any atom is 0.337 e. The van der Waals surface area contributed by atoms with Crippen LogP contribution < -0.4 is 10.1 Å². The minimum atomic E-state index is -0.459. The van der Waals surface area contributed by atoms with Crippen LogP contribution in [0.4, 0.5) is 10.1 Å². The lowest BCUT2D eigenvalue weighted by Crippen LogP contribution is -2.13. The lowest BCUT2D eigenvalue weighted by Gasteiger charge is -2.08. The number of hydrogen-bond donors (Lipinski definition) is 1. The average molecular weight is 331 g/mol. The zero-order valence-electron chi connectivity index (χ0n) is 13.3. The van der Waals surface area contributed by atoms with E-state index in [1.165, 1.54) is 31.4 Å². The van der Waals surface area contributed by atoms with Gasteiger partial charge in [-0.3, -0.25) is 4.79 Å². The van der Waals surface area contributed by atoms with E-state index in [0.717, 1.165) is 0 Å². The number of anilines is 1. The lowest BCUT2D eigenvalue weighted by molar-refractivity contribution is -0.116. The third kappa shape index (κ3) is 5.39. The van der Waals surface area contributed by atoms with Gasteiger partial charge in [-0.2, -0.15) is 0 Å². The number of benzene rings is 2. The lowest BCUT2D eigenvalue weighted by atomic mass is 10.2. The van der Waals surface area contributed by atoms with Crippen molar-refractivity contribution >= 4 is 17.6 Å². The highest BCUT2D eigenvalue weighted by molar-refractivity contribution is 5.94. The average Bonchev–Trinajstić information content (AvgIpc) is 2.60. The summed E-state index contributed by atoms with van der Waals surface area (Å²) in [6.07, 6.45) is 0.781. The second kappa shape index (κ2) is 8.67. The van der Waals surface area contributed by atoms with Gasteiger partial charge in [-0.15, -0.1) is 0 Å². The van der Waals surface area contributed by atoms with E-state index in [9.17, 15) is 14.0 Å². The van der Waals surface area contributed by atoms with Crippen molar-refractivity contribution in [3.63, 3.8) is 0 Å². The second-order valence-corrected chi connectivity index (χ2v) is 5.03. The van der Waals surface area contributed by atoms with Gasteiger partial charge in [-0.25, -0.2) is 9.18 Å². The van der Waals surface area contributed by atoms with E-state index in [1.807, 2.05) is 0 Å². The zero-order valence-corrected chi connectivity index (χ0v) is 13.3. The van der Waals surface area contributed by atoms with Crippen LogP contribution >= 0.6 is 0 Å². The van der Waals surface area contributed by atoms with E-state index in [-0.39, 0.29) is 18.1 Å². The van der Waals surface area contributed by atoms with Crippen LogP contribution in [0.25, 0.3) is 0 Å². The van der Waals surface area contributed by atoms with Gasteiger partial charge in [-0.05, 0) is 48.9 Å². The van der Waals surface area contributed by atoms with Crippen LogP contribution in [-0.2, 0) is 9.53 Å². The summed E-state index contributed by atoms with van der Waals surface area (Å²) in [4.78, 5) is 23.3. The molecular weight excluding hydrogens is 313 g/mol. The van der Waals surface area contributed by atoms with Crippen LogP contribution in [0.2, 0.25) is 0 Å². The van der Waals surface area contributed by atoms with Crippen molar-refractivity contribution in [2.24, 2.45) is 0 Å². The van der Waals surface area contributed by atoms with E-state index >= 15 is 0 Å². The minimum Gasteiger partial charge on any atom is -0.494 e. The van der Waals surface area contributed by atoms with Gasteiger partial charge in [0.15, 0.2) is 0 Å². The van der Waals surface area contributed by atoms with Crippen molar-refractivity contribution in [2.75, 3.05) is 19.0 Å². The Hall–Kier alpha value is -2.89. The first kappa shape index (κ1) is 17.5. The summed E-state index contributed by atoms with van der Waals surface area (Å²) in [5, 5.41) is 2.72. The number of hydrogen-bond acceptors (Lipinski definition) is 4. The number of ether oxygens (including phenoxy) is 2. The van der Waals surface area contributed by atoms with Gasteiger partial charge >= 0.3 is 5.97 Å². The van der Waals surface area contributed by atoms with Crippen molar-refractivity contribution in [1.29, 1.82) is 0 Å². The molecule has 0 radical (unpaired) electrons. The van der Waals surface area contributed by atoms with Crippen molar-refractivity contribution < 1.29 is 23.5 Å². The van der Waals surface area contributed by atoms with Crippen LogP contribution in [0.3, 0.4) is 0 Å². The van der Waals surface area contributed by atoms with Gasteiger partial charge < -0.3 is 14.8 Å². The molecular formula is C18H18FNO4. The highest BCUT2D eigenvalue weighted by Gasteiger charge is 2.08. The van der Waals surface area contributed by atoms with E-state index in [1.54, 1.807) is 24.3 Å². The molecule has 0 saturated heterocycles. The molecule has 0 unspecified atom stereocenters. The summed E-state index contributed by atoms with van der Waals surface area (Å²) >= 11 is 0. The van der Waals surface area contributed by atoms with Crippen LogP contribution in [0.15, 0.2) is 48.5 Å². The normalized spacial score (nSPS) is 10.1. The minimum absolute atomic E-state index is 0.181. The van der Waals surface area contributed by atoms with E-state index < -0.39 is 5.97 Å². The fraction of sp³-hybridized carbons (Fsp3) is 0.222. The van der Waals surface area contributed by atoms with Crippen molar-refractivity contribution in [3.05, 3.63) is 59.9 Å². The van der Waals surface area contributed by atoms with Crippen LogP contribution in [0, 0.1) is 5.82 Å². The molecule has 2 rings (SSSR count). The fourth-order valence-corrected chi connectivity index (χ4v) is 2.02. The Morgan fingerprint density at radius 2 is 1.88 bits per heavy atom. The third-order valence-corrected chi connectivity index (χ3v) is 3.20. The largest absolute Gasteiger partial charge is 0.494 e. The Bertz CT molecular complexity index is 700. The first-order valence-electron chi connectivity index (χ1n) is 7.45. The van der Waals surface area contributed by atoms with Gasteiger partial charge in [0.05, 0.1) is 19.3 Å². The van der Waals surface area contributed by atoms with E-state index in [4.69, 9.17) is 4.74 Å². The smallest absolute Gasteiger partial charge is 0.337 e. The molecule has 1 N–H and O–H groups in total. The Balaban J connectivity index is 1.75. The molecule has 0 atom stereocenters. The Morgan fingerprint density at radius 1 is 1.12 bits per heavy atom. The van der Waals surface area contributed by atoms with Crippen molar-refractivity contribution in [2.45, 2.75) is 12.8 Å². The number of methoxy groups -OCH3 is 1. The summed E-state index contributed by atoms with van der Waals surface area (Å²) in [5.74, 6) is -0.406. The maximum atomic E-state index is 12.8. The van der Waals surface area contributed by atoms with Crippen molar-refractivity contribution in [3.8, 4) is 5.75 Å². The Kier molecular flexibility index (Phi) is 6.31. The molecule has 0 fully saturated rings. The van der Waals surface area contributed by atoms with Gasteiger partial charge in [0.25, 0.3) is 0 Å². The molecule has 126 valence electrons. The van der Waals surface area contributed by atoms with Crippen LogP contribution in [0.5, 0.6) is 5.75 Å². The van der Waals surface area contributed by atoms with E-state index in [0.29, 0.717) is 30.0 Å². The first-order chi connectivity index (χ1) is 11.6. The van der Waals surface area contributed by atoms with Gasteiger partial charge in [0.1, 0.15) is 11.6 Å². The summed E-state index contributed by atoms with van der Waals surface area (Å²) in [7, 11) is 1.30. The molecule has 0 aliphatic carbocycles. The summed E-state index contributed by atoms with van der Waals surface area (Å²) in [6, 6.07) is 12.2. The fourth-order valence-electron chi connectivity index (χ4n) is 2.02. The van der Waals surface area contributed by atoms with Gasteiger partial charge in [-0.1, -0.05) is 6.07 Å². The number of amides is 1. The third-order valence-electron chi connectivity index (χ3n) is 3.20. The quantitative estimate of drug-likeness (QED) is 0.624. The number of carbonyl (C=O) groups is 2. The highest BCUT2D eigenvalue weighted by Crippen LogP contribution is 2.13. The number of carbonyl (C=O) groups excluding carboxylic acids is 2. The zero-order chi connectivity index (χ0) is 17.4. The number of rotatable bonds is 7. The molecule has 2 aromatic carbocycles. The number of nitrogens with one attached hydrogen (secondary N) is 1. The highest BCUT2D eigenvalue weighted by atomic mass is 19.1. The molecule has 0 aromatic heterocycles. The van der Waals surface area contributed by atoms with Gasteiger partial charge in [0.2, 0.25) is 5.91 Å². The molecule has 24 heavy (non-hydrogen) atoms. The number of esters is 1. The predicted molar refractivity (Wildman–Crippen MR) is 87.5 cm³/mol. The molecule has 2 aromatic rings. The summed E-state index contributed by atoms with van der Waals surface area (Å²) in [5.41, 5.74) is 0.900. The predicted octanol–water partition coefficient (Wildman–Crippen LogP) is 3.41. The molecule has 0 spiro atoms. The number of halogens is 1. The van der Waals surface area contributed by atoms with Crippen LogP contribution in [0.1, 0.15) is 23.2 Å². The standard InChI is InChI=1S/C18H18FNO4/c1-23-18(22)13-4-2-5-15(12-13)20-17(21)6-3-11-24-16-9-7-14(19)8-10-16/h2,4-5,7-10,12H,3,6,11H2,1H3,(H,20,21). The van der Waals surface area contributed by atoms with Crippen molar-refractivity contribution in [1.82, 2.24) is 0 Å². The molecule has 0 saturated carbocycles. The van der Waals surface area contributed by atoms with Gasteiger partial charge in [0, 0.05) is 12.1 Å². The molecule has 5 nitrogen and oxygen atoms in total. The molecule has 0 bridgehead atoms. The van der Waals surface area contributed by atoms with E-state index in [2.05, 4.69) is 10.1 Å². The monoisotopic (exact) mass is 331 g/mol. The summed E-state index contributed by atoms with van der Waals surface area (Å²) in [6.45, 7) is 0.348. The van der Waals surface area contributed by atoms with Crippen LogP contribution in [-0.4, -0.2) is 25.6 Å². The summed E-state index contributed by atoms with van der Waals surface area (Å²) < 4.78 is 22.8. The Morgan fingerprint density at radius 3 is 2.58 bits per heavy atom. The molecule has 0 aliphatic rings. The Labute approximate surface area is 139 Å². The molecule has 6 heteroatoms. The molecule has 0 aliphatic heterocycles.